The maximum Gasteiger partial charge on any atom is 0.338 e. The molecule has 1 aromatic heterocycles. The van der Waals surface area contributed by atoms with E-state index in [-0.39, 0.29) is 6.61 Å². The lowest BCUT2D eigenvalue weighted by Gasteiger charge is -2.26. The second-order valence-corrected chi connectivity index (χ2v) is 6.36. The van der Waals surface area contributed by atoms with Gasteiger partial charge >= 0.3 is 12.0 Å². The van der Waals surface area contributed by atoms with Crippen LogP contribution in [0.25, 0.3) is 11.3 Å². The molecule has 0 saturated carbocycles. The highest BCUT2D eigenvalue weighted by Gasteiger charge is 2.34. The molecule has 136 valence electrons. The molecule has 0 fully saturated rings. The average molecular weight is 375 g/mol. The number of halogens is 1. The fraction of sp³-hybridized carbons (Fsp3) is 0.263. The van der Waals surface area contributed by atoms with Gasteiger partial charge < -0.3 is 19.8 Å². The summed E-state index contributed by atoms with van der Waals surface area (Å²) in [6, 6.07) is 8.00. The van der Waals surface area contributed by atoms with Gasteiger partial charge in [-0.25, -0.2) is 9.59 Å². The minimum atomic E-state index is -0.725. The lowest BCUT2D eigenvalue weighted by atomic mass is 10.0. The zero-order valence-corrected chi connectivity index (χ0v) is 15.4. The number of esters is 1. The molecule has 0 saturated heterocycles. The van der Waals surface area contributed by atoms with Crippen LogP contribution in [-0.4, -0.2) is 18.6 Å². The van der Waals surface area contributed by atoms with E-state index in [1.807, 2.05) is 25.1 Å². The fourth-order valence-electron chi connectivity index (χ4n) is 2.80. The minimum Gasteiger partial charge on any atom is -0.463 e. The first-order chi connectivity index (χ1) is 12.4. The highest BCUT2D eigenvalue weighted by Crippen LogP contribution is 2.33. The Kier molecular flexibility index (Phi) is 5.04. The first-order valence-electron chi connectivity index (χ1n) is 8.22. The van der Waals surface area contributed by atoms with Crippen molar-refractivity contribution in [2.45, 2.75) is 26.8 Å². The van der Waals surface area contributed by atoms with E-state index in [1.54, 1.807) is 26.0 Å². The SMILES string of the molecule is CCOC(=O)C1=C(C)NC(=O)NC1c1ccc(-c2ccc(C)c(Cl)c2)o1. The van der Waals surface area contributed by atoms with Crippen LogP contribution in [0.3, 0.4) is 0 Å². The topological polar surface area (TPSA) is 80.6 Å². The second-order valence-electron chi connectivity index (χ2n) is 5.96. The highest BCUT2D eigenvalue weighted by molar-refractivity contribution is 6.31. The molecule has 1 aliphatic rings. The van der Waals surface area contributed by atoms with Crippen LogP contribution in [0.2, 0.25) is 5.02 Å². The van der Waals surface area contributed by atoms with E-state index in [1.165, 1.54) is 0 Å². The predicted octanol–water partition coefficient (Wildman–Crippen LogP) is 4.10. The quantitative estimate of drug-likeness (QED) is 0.789. The van der Waals surface area contributed by atoms with Gasteiger partial charge in [0.15, 0.2) is 0 Å². The molecule has 1 aromatic carbocycles. The third kappa shape index (κ3) is 3.46. The number of hydrogen-bond donors (Lipinski definition) is 2. The summed E-state index contributed by atoms with van der Waals surface area (Å²) in [6.45, 7) is 5.54. The molecular weight excluding hydrogens is 356 g/mol. The van der Waals surface area contributed by atoms with Crippen molar-refractivity contribution < 1.29 is 18.7 Å². The summed E-state index contributed by atoms with van der Waals surface area (Å²) in [5.41, 5.74) is 2.53. The molecule has 2 aromatic rings. The Morgan fingerprint density at radius 1 is 1.27 bits per heavy atom. The molecule has 1 unspecified atom stereocenters. The highest BCUT2D eigenvalue weighted by atomic mass is 35.5. The molecular formula is C19H19ClN2O4. The normalized spacial score (nSPS) is 16.9. The number of ether oxygens (including phenoxy) is 1. The van der Waals surface area contributed by atoms with Crippen LogP contribution >= 0.6 is 11.6 Å². The van der Waals surface area contributed by atoms with Crippen molar-refractivity contribution in [2.24, 2.45) is 0 Å². The summed E-state index contributed by atoms with van der Waals surface area (Å²) >= 11 is 6.18. The van der Waals surface area contributed by atoms with Crippen LogP contribution in [0.4, 0.5) is 4.79 Å². The number of hydrogen-bond acceptors (Lipinski definition) is 4. The average Bonchev–Trinajstić information content (AvgIpc) is 3.06. The molecule has 3 rings (SSSR count). The number of furan rings is 1. The smallest absolute Gasteiger partial charge is 0.338 e. The van der Waals surface area contributed by atoms with E-state index in [4.69, 9.17) is 20.8 Å². The van der Waals surface area contributed by atoms with Gasteiger partial charge in [-0.05, 0) is 44.5 Å². The molecule has 1 atom stereocenters. The number of nitrogens with one attached hydrogen (secondary N) is 2. The third-order valence-corrected chi connectivity index (χ3v) is 4.54. The molecule has 0 radical (unpaired) electrons. The first-order valence-corrected chi connectivity index (χ1v) is 8.60. The van der Waals surface area contributed by atoms with E-state index in [0.29, 0.717) is 27.8 Å². The Morgan fingerprint density at radius 3 is 2.73 bits per heavy atom. The van der Waals surface area contributed by atoms with Gasteiger partial charge in [-0.15, -0.1) is 0 Å². The van der Waals surface area contributed by atoms with Crippen molar-refractivity contribution in [3.05, 3.63) is 57.9 Å². The summed E-state index contributed by atoms with van der Waals surface area (Å²) in [7, 11) is 0. The maximum absolute atomic E-state index is 12.3. The van der Waals surface area contributed by atoms with E-state index in [9.17, 15) is 9.59 Å². The summed E-state index contributed by atoms with van der Waals surface area (Å²) in [5.74, 6) is 0.531. The molecule has 26 heavy (non-hydrogen) atoms. The van der Waals surface area contributed by atoms with Crippen molar-refractivity contribution in [3.63, 3.8) is 0 Å². The number of urea groups is 1. The van der Waals surface area contributed by atoms with Crippen molar-refractivity contribution in [2.75, 3.05) is 6.61 Å². The Labute approximate surface area is 156 Å². The third-order valence-electron chi connectivity index (χ3n) is 4.13. The number of amides is 2. The van der Waals surface area contributed by atoms with E-state index in [2.05, 4.69) is 10.6 Å². The van der Waals surface area contributed by atoms with Gasteiger partial charge in [-0.2, -0.15) is 0 Å². The van der Waals surface area contributed by atoms with E-state index < -0.39 is 18.0 Å². The van der Waals surface area contributed by atoms with Crippen LogP contribution in [0, 0.1) is 6.92 Å². The molecule has 0 bridgehead atoms. The Balaban J connectivity index is 1.98. The van der Waals surface area contributed by atoms with Crippen LogP contribution in [0.5, 0.6) is 0 Å². The van der Waals surface area contributed by atoms with Crippen LogP contribution in [0.15, 0.2) is 46.0 Å². The van der Waals surface area contributed by atoms with Crippen molar-refractivity contribution >= 4 is 23.6 Å². The zero-order chi connectivity index (χ0) is 18.8. The number of allylic oxidation sites excluding steroid dienone is 1. The van der Waals surface area contributed by atoms with Gasteiger partial charge in [-0.1, -0.05) is 23.7 Å². The molecule has 0 aliphatic carbocycles. The summed E-state index contributed by atoms with van der Waals surface area (Å²) in [4.78, 5) is 24.2. The predicted molar refractivity (Wildman–Crippen MR) is 97.6 cm³/mol. The van der Waals surface area contributed by atoms with Crippen LogP contribution in [-0.2, 0) is 9.53 Å². The van der Waals surface area contributed by atoms with Gasteiger partial charge in [-0.3, -0.25) is 0 Å². The molecule has 2 N–H and O–H groups in total. The maximum atomic E-state index is 12.3. The van der Waals surface area contributed by atoms with E-state index >= 15 is 0 Å². The number of carbonyl (C=O) groups excluding carboxylic acids is 2. The van der Waals surface area contributed by atoms with Gasteiger partial charge in [0.05, 0.1) is 12.2 Å². The fourth-order valence-corrected chi connectivity index (χ4v) is 2.98. The number of aryl methyl sites for hydroxylation is 1. The van der Waals surface area contributed by atoms with Gasteiger partial charge in [0.1, 0.15) is 17.6 Å². The Morgan fingerprint density at radius 2 is 2.04 bits per heavy atom. The van der Waals surface area contributed by atoms with Gasteiger partial charge in [0.2, 0.25) is 0 Å². The number of rotatable bonds is 4. The monoisotopic (exact) mass is 374 g/mol. The van der Waals surface area contributed by atoms with Crippen molar-refractivity contribution in [3.8, 4) is 11.3 Å². The summed E-state index contributed by atoms with van der Waals surface area (Å²) in [6.07, 6.45) is 0. The van der Waals surface area contributed by atoms with Crippen molar-refractivity contribution in [1.29, 1.82) is 0 Å². The Hall–Kier alpha value is -2.73. The number of carbonyl (C=O) groups is 2. The van der Waals surface area contributed by atoms with Gasteiger partial charge in [0.25, 0.3) is 0 Å². The summed E-state index contributed by atoms with van der Waals surface area (Å²) in [5, 5.41) is 5.94. The van der Waals surface area contributed by atoms with Crippen molar-refractivity contribution in [1.82, 2.24) is 10.6 Å². The van der Waals surface area contributed by atoms with Crippen LogP contribution in [0.1, 0.15) is 31.2 Å². The molecule has 2 heterocycles. The molecule has 6 nitrogen and oxygen atoms in total. The standard InChI is InChI=1S/C19H19ClN2O4/c1-4-25-18(23)16-11(3)21-19(24)22-17(16)15-8-7-14(26-15)12-6-5-10(2)13(20)9-12/h5-9,17H,4H2,1-3H3,(H2,21,22,24). The van der Waals surface area contributed by atoms with E-state index in [0.717, 1.165) is 11.1 Å². The second kappa shape index (κ2) is 7.25. The van der Waals surface area contributed by atoms with Gasteiger partial charge in [0, 0.05) is 16.3 Å². The molecule has 2 amide bonds. The minimum absolute atomic E-state index is 0.238. The largest absolute Gasteiger partial charge is 0.463 e. The lowest BCUT2D eigenvalue weighted by Crippen LogP contribution is -2.45. The lowest BCUT2D eigenvalue weighted by molar-refractivity contribution is -0.139. The first kappa shape index (κ1) is 18.1. The van der Waals surface area contributed by atoms with Crippen LogP contribution < -0.4 is 10.6 Å². The molecule has 7 heteroatoms. The molecule has 1 aliphatic heterocycles. The number of benzene rings is 1. The zero-order valence-electron chi connectivity index (χ0n) is 14.7. The summed E-state index contributed by atoms with van der Waals surface area (Å²) < 4.78 is 11.0. The molecule has 0 spiro atoms. The Bertz CT molecular complexity index is 901.